The molecule has 0 aromatic heterocycles. The predicted octanol–water partition coefficient (Wildman–Crippen LogP) is 0.771. The lowest BCUT2D eigenvalue weighted by atomic mass is 9.98. The van der Waals surface area contributed by atoms with E-state index in [1.165, 1.54) is 24.3 Å². The summed E-state index contributed by atoms with van der Waals surface area (Å²) in [5, 5.41) is 3.11. The van der Waals surface area contributed by atoms with E-state index in [1.54, 1.807) is 0 Å². The van der Waals surface area contributed by atoms with Crippen molar-refractivity contribution in [1.82, 2.24) is 10.0 Å². The molecular formula is C13H17FN2O3S. The molecule has 1 heterocycles. The van der Waals surface area contributed by atoms with Crippen LogP contribution in [-0.2, 0) is 20.6 Å². The van der Waals surface area contributed by atoms with Crippen LogP contribution >= 0.6 is 0 Å². The third kappa shape index (κ3) is 4.28. The van der Waals surface area contributed by atoms with Gasteiger partial charge in [0, 0.05) is 5.92 Å². The average Bonchev–Trinajstić information content (AvgIpc) is 2.41. The van der Waals surface area contributed by atoms with Gasteiger partial charge < -0.3 is 5.32 Å². The van der Waals surface area contributed by atoms with Gasteiger partial charge in [0.05, 0.1) is 5.75 Å². The predicted molar refractivity (Wildman–Crippen MR) is 72.8 cm³/mol. The molecule has 1 aromatic carbocycles. The van der Waals surface area contributed by atoms with Gasteiger partial charge in [0.2, 0.25) is 15.9 Å². The molecule has 1 saturated heterocycles. The molecule has 0 atom stereocenters. The Labute approximate surface area is 117 Å². The van der Waals surface area contributed by atoms with Crippen molar-refractivity contribution in [2.24, 2.45) is 5.92 Å². The Hall–Kier alpha value is -1.47. The van der Waals surface area contributed by atoms with E-state index in [0.29, 0.717) is 18.4 Å². The van der Waals surface area contributed by atoms with E-state index in [0.717, 1.165) is 13.1 Å². The quantitative estimate of drug-likeness (QED) is 0.861. The Morgan fingerprint density at radius 3 is 2.45 bits per heavy atom. The molecule has 7 heteroatoms. The zero-order chi connectivity index (χ0) is 14.6. The highest BCUT2D eigenvalue weighted by molar-refractivity contribution is 7.89. The van der Waals surface area contributed by atoms with E-state index >= 15 is 0 Å². The third-order valence-electron chi connectivity index (χ3n) is 3.24. The fourth-order valence-corrected chi connectivity index (χ4v) is 3.33. The summed E-state index contributed by atoms with van der Waals surface area (Å²) in [6, 6.07) is 5.17. The number of nitrogens with one attached hydrogen (secondary N) is 2. The number of hydrogen-bond acceptors (Lipinski definition) is 4. The maximum Gasteiger partial charge on any atom is 0.239 e. The van der Waals surface area contributed by atoms with Crippen LogP contribution in [0.4, 0.5) is 4.39 Å². The number of halogens is 1. The highest BCUT2D eigenvalue weighted by Crippen LogP contribution is 2.13. The van der Waals surface area contributed by atoms with E-state index in [2.05, 4.69) is 10.0 Å². The Bertz CT molecular complexity index is 566. The number of carbonyl (C=O) groups excluding carboxylic acids is 1. The van der Waals surface area contributed by atoms with Gasteiger partial charge in [0.15, 0.2) is 0 Å². The molecule has 2 N–H and O–H groups in total. The first-order chi connectivity index (χ1) is 9.46. The first-order valence-corrected chi connectivity index (χ1v) is 8.11. The summed E-state index contributed by atoms with van der Waals surface area (Å²) < 4.78 is 38.6. The van der Waals surface area contributed by atoms with Gasteiger partial charge in [0.25, 0.3) is 0 Å². The van der Waals surface area contributed by atoms with Crippen LogP contribution in [0.2, 0.25) is 0 Å². The molecular weight excluding hydrogens is 283 g/mol. The fraction of sp³-hybridized carbons (Fsp3) is 0.462. The van der Waals surface area contributed by atoms with Gasteiger partial charge in [-0.3, -0.25) is 9.52 Å². The number of benzene rings is 1. The Kier molecular flexibility index (Phi) is 4.72. The largest absolute Gasteiger partial charge is 0.317 e. The van der Waals surface area contributed by atoms with E-state index in [1.807, 2.05) is 0 Å². The lowest BCUT2D eigenvalue weighted by Crippen LogP contribution is -2.41. The molecule has 1 aliphatic rings. The molecule has 1 aromatic rings. The lowest BCUT2D eigenvalue weighted by Gasteiger charge is -2.21. The molecule has 20 heavy (non-hydrogen) atoms. The van der Waals surface area contributed by atoms with Crippen LogP contribution in [0.15, 0.2) is 24.3 Å². The highest BCUT2D eigenvalue weighted by Gasteiger charge is 2.24. The van der Waals surface area contributed by atoms with Crippen LogP contribution in [-0.4, -0.2) is 27.4 Å². The summed E-state index contributed by atoms with van der Waals surface area (Å²) in [7, 11) is -3.74. The van der Waals surface area contributed by atoms with Crippen molar-refractivity contribution in [3.8, 4) is 0 Å². The van der Waals surface area contributed by atoms with Crippen molar-refractivity contribution >= 4 is 15.9 Å². The molecule has 1 aliphatic heterocycles. The number of rotatable bonds is 4. The van der Waals surface area contributed by atoms with Crippen LogP contribution in [0.1, 0.15) is 18.4 Å². The minimum Gasteiger partial charge on any atom is -0.317 e. The van der Waals surface area contributed by atoms with Crippen molar-refractivity contribution in [2.75, 3.05) is 13.1 Å². The molecule has 5 nitrogen and oxygen atoms in total. The molecule has 1 fully saturated rings. The van der Waals surface area contributed by atoms with Crippen molar-refractivity contribution in [1.29, 1.82) is 0 Å². The molecule has 0 aliphatic carbocycles. The van der Waals surface area contributed by atoms with Crippen LogP contribution in [0.3, 0.4) is 0 Å². The number of carbonyl (C=O) groups is 1. The second kappa shape index (κ2) is 6.32. The summed E-state index contributed by atoms with van der Waals surface area (Å²) in [6.45, 7) is 1.44. The smallest absolute Gasteiger partial charge is 0.239 e. The second-order valence-corrected chi connectivity index (χ2v) is 6.60. The second-order valence-electron chi connectivity index (χ2n) is 4.88. The van der Waals surface area contributed by atoms with Gasteiger partial charge in [0.1, 0.15) is 5.82 Å². The molecule has 0 radical (unpaired) electrons. The van der Waals surface area contributed by atoms with Gasteiger partial charge in [-0.25, -0.2) is 12.8 Å². The molecule has 0 saturated carbocycles. The fourth-order valence-electron chi connectivity index (χ4n) is 2.16. The average molecular weight is 300 g/mol. The third-order valence-corrected chi connectivity index (χ3v) is 4.46. The van der Waals surface area contributed by atoms with Crippen molar-refractivity contribution < 1.29 is 17.6 Å². The van der Waals surface area contributed by atoms with Gasteiger partial charge in [-0.05, 0) is 43.6 Å². The molecule has 0 spiro atoms. The number of hydrogen-bond donors (Lipinski definition) is 2. The first kappa shape index (κ1) is 14.9. The molecule has 0 bridgehead atoms. The van der Waals surface area contributed by atoms with Gasteiger partial charge in [-0.2, -0.15) is 0 Å². The molecule has 0 unspecified atom stereocenters. The highest BCUT2D eigenvalue weighted by atomic mass is 32.2. The normalized spacial score (nSPS) is 16.9. The van der Waals surface area contributed by atoms with Crippen molar-refractivity contribution in [3.63, 3.8) is 0 Å². The summed E-state index contributed by atoms with van der Waals surface area (Å²) >= 11 is 0. The molecule has 2 rings (SSSR count). The monoisotopic (exact) mass is 300 g/mol. The zero-order valence-corrected chi connectivity index (χ0v) is 11.7. The van der Waals surface area contributed by atoms with Gasteiger partial charge in [-0.1, -0.05) is 12.1 Å². The van der Waals surface area contributed by atoms with Gasteiger partial charge in [-0.15, -0.1) is 0 Å². The standard InChI is InChI=1S/C13H17FN2O3S/c14-12-3-1-10(2-4-12)9-20(18,19)16-13(17)11-5-7-15-8-6-11/h1-4,11,15H,5-9H2,(H,16,17). The maximum absolute atomic E-state index is 12.7. The maximum atomic E-state index is 12.7. The van der Waals surface area contributed by atoms with Crippen LogP contribution in [0.5, 0.6) is 0 Å². The van der Waals surface area contributed by atoms with Crippen LogP contribution in [0.25, 0.3) is 0 Å². The van der Waals surface area contributed by atoms with E-state index in [4.69, 9.17) is 0 Å². The van der Waals surface area contributed by atoms with E-state index in [9.17, 15) is 17.6 Å². The number of piperidine rings is 1. The van der Waals surface area contributed by atoms with Gasteiger partial charge >= 0.3 is 0 Å². The van der Waals surface area contributed by atoms with E-state index < -0.39 is 21.7 Å². The molecule has 110 valence electrons. The Balaban J connectivity index is 1.96. The van der Waals surface area contributed by atoms with Crippen LogP contribution in [0, 0.1) is 11.7 Å². The minimum atomic E-state index is -3.74. The lowest BCUT2D eigenvalue weighted by molar-refractivity contribution is -0.123. The van der Waals surface area contributed by atoms with Crippen molar-refractivity contribution in [2.45, 2.75) is 18.6 Å². The summed E-state index contributed by atoms with van der Waals surface area (Å²) in [5.41, 5.74) is 0.442. The SMILES string of the molecule is O=C(NS(=O)(=O)Cc1ccc(F)cc1)C1CCNCC1. The Morgan fingerprint density at radius 1 is 1.25 bits per heavy atom. The van der Waals surface area contributed by atoms with Crippen LogP contribution < -0.4 is 10.0 Å². The zero-order valence-electron chi connectivity index (χ0n) is 10.9. The summed E-state index contributed by atoms with van der Waals surface area (Å²) in [6.07, 6.45) is 1.27. The summed E-state index contributed by atoms with van der Waals surface area (Å²) in [5.74, 6) is -1.47. The minimum absolute atomic E-state index is 0.265. The Morgan fingerprint density at radius 2 is 1.85 bits per heavy atom. The van der Waals surface area contributed by atoms with Crippen molar-refractivity contribution in [3.05, 3.63) is 35.6 Å². The summed E-state index contributed by atoms with van der Waals surface area (Å²) in [4.78, 5) is 11.9. The molecule has 1 amide bonds. The first-order valence-electron chi connectivity index (χ1n) is 6.46. The number of amides is 1. The van der Waals surface area contributed by atoms with E-state index in [-0.39, 0.29) is 11.7 Å². The number of sulfonamides is 1. The topological polar surface area (TPSA) is 75.3 Å².